The second kappa shape index (κ2) is 4.46. The first-order valence-corrected chi connectivity index (χ1v) is 6.12. The van der Waals surface area contributed by atoms with Crippen LogP contribution in [0.4, 0.5) is 10.1 Å². The van der Waals surface area contributed by atoms with Crippen LogP contribution in [0.3, 0.4) is 0 Å². The third-order valence-electron chi connectivity index (χ3n) is 1.88. The summed E-state index contributed by atoms with van der Waals surface area (Å²) in [7, 11) is -3.82. The molecule has 2 rings (SSSR count). The smallest absolute Gasteiger partial charge is 0.277 e. The Bertz CT molecular complexity index is 599. The molecule has 0 saturated carbocycles. The Morgan fingerprint density at radius 2 is 1.65 bits per heavy atom. The Kier molecular flexibility index (Phi) is 3.01. The zero-order valence-corrected chi connectivity index (χ0v) is 9.36. The van der Waals surface area contributed by atoms with Gasteiger partial charge in [0.2, 0.25) is 0 Å². The molecule has 7 heteroatoms. The molecule has 2 aromatic rings. The molecular weight excluding hydrogens is 245 g/mol. The van der Waals surface area contributed by atoms with Crippen LogP contribution < -0.4 is 4.72 Å². The Morgan fingerprint density at radius 3 is 2.24 bits per heavy atom. The first kappa shape index (κ1) is 11.5. The lowest BCUT2D eigenvalue weighted by molar-refractivity contribution is 0.592. The van der Waals surface area contributed by atoms with Crippen molar-refractivity contribution in [2.45, 2.75) is 5.16 Å². The number of hydrogen-bond acceptors (Lipinski definition) is 4. The summed E-state index contributed by atoms with van der Waals surface area (Å²) in [6.07, 6.45) is 2.65. The van der Waals surface area contributed by atoms with Crippen molar-refractivity contribution in [3.8, 4) is 0 Å². The van der Waals surface area contributed by atoms with E-state index in [-0.39, 0.29) is 10.8 Å². The zero-order valence-electron chi connectivity index (χ0n) is 8.54. The normalized spacial score (nSPS) is 11.1. The van der Waals surface area contributed by atoms with Gasteiger partial charge in [0.25, 0.3) is 15.2 Å². The van der Waals surface area contributed by atoms with Crippen LogP contribution in [0.15, 0.2) is 47.9 Å². The molecule has 0 bridgehead atoms. The quantitative estimate of drug-likeness (QED) is 0.839. The maximum Gasteiger partial charge on any atom is 0.297 e. The summed E-state index contributed by atoms with van der Waals surface area (Å²) in [6, 6.07) is 6.45. The largest absolute Gasteiger partial charge is 0.297 e. The van der Waals surface area contributed by atoms with Crippen molar-refractivity contribution >= 4 is 15.7 Å². The van der Waals surface area contributed by atoms with Crippen LogP contribution in [-0.4, -0.2) is 18.4 Å². The standard InChI is InChI=1S/C10H8FN3O2S/c11-8-2-4-9(5-3-8)14-17(15,16)10-12-6-1-7-13-10/h1-7,14H. The summed E-state index contributed by atoms with van der Waals surface area (Å²) in [5.74, 6) is -0.441. The van der Waals surface area contributed by atoms with Gasteiger partial charge >= 0.3 is 0 Å². The van der Waals surface area contributed by atoms with E-state index in [4.69, 9.17) is 0 Å². The van der Waals surface area contributed by atoms with Crippen LogP contribution in [0.1, 0.15) is 0 Å². The van der Waals surface area contributed by atoms with Gasteiger partial charge in [0, 0.05) is 18.1 Å². The number of anilines is 1. The van der Waals surface area contributed by atoms with E-state index in [1.54, 1.807) is 0 Å². The number of nitrogens with one attached hydrogen (secondary N) is 1. The van der Waals surface area contributed by atoms with E-state index >= 15 is 0 Å². The van der Waals surface area contributed by atoms with Gasteiger partial charge in [-0.2, -0.15) is 8.42 Å². The first-order valence-electron chi connectivity index (χ1n) is 4.63. The van der Waals surface area contributed by atoms with Crippen molar-refractivity contribution in [3.63, 3.8) is 0 Å². The van der Waals surface area contributed by atoms with E-state index in [1.165, 1.54) is 30.6 Å². The van der Waals surface area contributed by atoms with Crippen molar-refractivity contribution in [2.24, 2.45) is 0 Å². The van der Waals surface area contributed by atoms with Crippen molar-refractivity contribution in [1.29, 1.82) is 0 Å². The summed E-state index contributed by atoms with van der Waals surface area (Å²) < 4.78 is 38.4. The second-order valence-electron chi connectivity index (χ2n) is 3.14. The minimum Gasteiger partial charge on any atom is -0.277 e. The maximum absolute atomic E-state index is 12.6. The number of benzene rings is 1. The number of sulfonamides is 1. The first-order chi connectivity index (χ1) is 8.08. The van der Waals surface area contributed by atoms with E-state index < -0.39 is 15.8 Å². The van der Waals surface area contributed by atoms with Gasteiger partial charge in [-0.3, -0.25) is 4.72 Å². The van der Waals surface area contributed by atoms with Crippen molar-refractivity contribution in [2.75, 3.05) is 4.72 Å². The minimum absolute atomic E-state index is 0.249. The number of hydrogen-bond donors (Lipinski definition) is 1. The highest BCUT2D eigenvalue weighted by Gasteiger charge is 2.16. The molecule has 0 spiro atoms. The number of halogens is 1. The Morgan fingerprint density at radius 1 is 1.06 bits per heavy atom. The molecule has 5 nitrogen and oxygen atoms in total. The van der Waals surface area contributed by atoms with Gasteiger partial charge in [-0.15, -0.1) is 0 Å². The fourth-order valence-electron chi connectivity index (χ4n) is 1.14. The minimum atomic E-state index is -3.82. The third-order valence-corrected chi connectivity index (χ3v) is 3.07. The molecular formula is C10H8FN3O2S. The number of nitrogens with zero attached hydrogens (tertiary/aromatic N) is 2. The van der Waals surface area contributed by atoms with E-state index in [0.717, 1.165) is 12.1 Å². The highest BCUT2D eigenvalue weighted by atomic mass is 32.2. The second-order valence-corrected chi connectivity index (χ2v) is 4.72. The van der Waals surface area contributed by atoms with Crippen LogP contribution in [0, 0.1) is 5.82 Å². The average molecular weight is 253 g/mol. The lowest BCUT2D eigenvalue weighted by Gasteiger charge is -2.05. The summed E-state index contributed by atoms with van der Waals surface area (Å²) >= 11 is 0. The topological polar surface area (TPSA) is 72.0 Å². The average Bonchev–Trinajstić information content (AvgIpc) is 2.33. The van der Waals surface area contributed by atoms with Gasteiger partial charge in [-0.1, -0.05) is 0 Å². The zero-order chi connectivity index (χ0) is 12.3. The maximum atomic E-state index is 12.6. The van der Waals surface area contributed by atoms with Crippen molar-refractivity contribution in [1.82, 2.24) is 9.97 Å². The predicted molar refractivity (Wildman–Crippen MR) is 59.2 cm³/mol. The van der Waals surface area contributed by atoms with Crippen LogP contribution in [0.2, 0.25) is 0 Å². The van der Waals surface area contributed by atoms with Crippen LogP contribution in [0.5, 0.6) is 0 Å². The molecule has 0 atom stereocenters. The van der Waals surface area contributed by atoms with Crippen LogP contribution >= 0.6 is 0 Å². The predicted octanol–water partition coefficient (Wildman–Crippen LogP) is 1.42. The molecule has 0 aliphatic carbocycles. The van der Waals surface area contributed by atoms with Gasteiger partial charge in [0.1, 0.15) is 5.82 Å². The molecule has 0 aliphatic heterocycles. The van der Waals surface area contributed by atoms with Gasteiger partial charge < -0.3 is 0 Å². The molecule has 0 unspecified atom stereocenters. The Labute approximate surface area is 97.4 Å². The summed E-state index contributed by atoms with van der Waals surface area (Å²) in [5, 5.41) is -0.329. The van der Waals surface area contributed by atoms with Gasteiger partial charge in [-0.05, 0) is 30.3 Å². The number of rotatable bonds is 3. The van der Waals surface area contributed by atoms with Gasteiger partial charge in [0.05, 0.1) is 0 Å². The fourth-order valence-corrected chi connectivity index (χ4v) is 2.08. The monoisotopic (exact) mass is 253 g/mol. The molecule has 1 aromatic heterocycles. The summed E-state index contributed by atoms with van der Waals surface area (Å²) in [4.78, 5) is 7.26. The SMILES string of the molecule is O=S(=O)(Nc1ccc(F)cc1)c1ncccn1. The van der Waals surface area contributed by atoms with E-state index in [1.807, 2.05) is 0 Å². The molecule has 0 aliphatic rings. The molecule has 0 fully saturated rings. The van der Waals surface area contributed by atoms with E-state index in [2.05, 4.69) is 14.7 Å². The van der Waals surface area contributed by atoms with Crippen molar-refractivity contribution in [3.05, 3.63) is 48.5 Å². The molecule has 0 saturated heterocycles. The van der Waals surface area contributed by atoms with Gasteiger partial charge in [0.15, 0.2) is 0 Å². The van der Waals surface area contributed by atoms with Crippen LogP contribution in [0.25, 0.3) is 0 Å². The summed E-state index contributed by atoms with van der Waals surface area (Å²) in [5.41, 5.74) is 0.249. The molecule has 0 radical (unpaired) electrons. The Hall–Kier alpha value is -2.02. The fraction of sp³-hybridized carbons (Fsp3) is 0. The number of aromatic nitrogens is 2. The van der Waals surface area contributed by atoms with Crippen LogP contribution in [-0.2, 0) is 10.0 Å². The lowest BCUT2D eigenvalue weighted by Crippen LogP contribution is -2.15. The molecule has 17 heavy (non-hydrogen) atoms. The summed E-state index contributed by atoms with van der Waals surface area (Å²) in [6.45, 7) is 0. The highest BCUT2D eigenvalue weighted by molar-refractivity contribution is 7.92. The molecule has 88 valence electrons. The third kappa shape index (κ3) is 2.76. The van der Waals surface area contributed by atoms with E-state index in [0.29, 0.717) is 0 Å². The molecule has 1 heterocycles. The molecule has 1 N–H and O–H groups in total. The molecule has 0 amide bonds. The van der Waals surface area contributed by atoms with E-state index in [9.17, 15) is 12.8 Å². The van der Waals surface area contributed by atoms with Crippen molar-refractivity contribution < 1.29 is 12.8 Å². The molecule has 1 aromatic carbocycles. The highest BCUT2D eigenvalue weighted by Crippen LogP contribution is 2.12. The lowest BCUT2D eigenvalue weighted by atomic mass is 10.3. The Balaban J connectivity index is 2.27. The van der Waals surface area contributed by atoms with Gasteiger partial charge in [-0.25, -0.2) is 14.4 Å².